The number of hydrogen-bond donors (Lipinski definition) is 2. The van der Waals surface area contributed by atoms with Crippen molar-refractivity contribution in [3.8, 4) is 16.9 Å². The zero-order chi connectivity index (χ0) is 13.5. The van der Waals surface area contributed by atoms with Crippen LogP contribution in [0.15, 0.2) is 33.4 Å². The van der Waals surface area contributed by atoms with Gasteiger partial charge in [-0.15, -0.1) is 0 Å². The van der Waals surface area contributed by atoms with Crippen LogP contribution in [0.2, 0.25) is 0 Å². The van der Waals surface area contributed by atoms with Crippen molar-refractivity contribution < 1.29 is 22.7 Å². The molecule has 0 aliphatic rings. The van der Waals surface area contributed by atoms with Gasteiger partial charge < -0.3 is 15.3 Å². The maximum absolute atomic E-state index is 12.7. The minimum atomic E-state index is -4.50. The molecule has 3 nitrogen and oxygen atoms in total. The molecular formula is C11H7BrF3NO2. The fourth-order valence-electron chi connectivity index (χ4n) is 1.58. The van der Waals surface area contributed by atoms with E-state index in [0.29, 0.717) is 0 Å². The minimum Gasteiger partial charge on any atom is -0.504 e. The van der Waals surface area contributed by atoms with Crippen molar-refractivity contribution in [1.82, 2.24) is 0 Å². The highest BCUT2D eigenvalue weighted by atomic mass is 79.9. The molecule has 1 aromatic heterocycles. The third kappa shape index (κ3) is 2.05. The molecule has 0 unspecified atom stereocenters. The van der Waals surface area contributed by atoms with Crippen LogP contribution in [-0.4, -0.2) is 5.11 Å². The van der Waals surface area contributed by atoms with E-state index in [-0.39, 0.29) is 27.2 Å². The SMILES string of the molecule is Nc1occ(O)c1-c1cccc(C(F)(F)F)c1Br. The highest BCUT2D eigenvalue weighted by Gasteiger charge is 2.34. The van der Waals surface area contributed by atoms with Gasteiger partial charge in [0, 0.05) is 10.0 Å². The van der Waals surface area contributed by atoms with E-state index in [0.717, 1.165) is 12.3 Å². The first-order valence-electron chi connectivity index (χ1n) is 4.74. The third-order valence-electron chi connectivity index (χ3n) is 2.37. The first kappa shape index (κ1) is 12.8. The Kier molecular flexibility index (Phi) is 3.02. The van der Waals surface area contributed by atoms with Gasteiger partial charge in [-0.25, -0.2) is 0 Å². The maximum atomic E-state index is 12.7. The monoisotopic (exact) mass is 321 g/mol. The predicted octanol–water partition coefficient (Wildman–Crippen LogP) is 4.02. The standard InChI is InChI=1S/C11H7BrF3NO2/c12-9-5(8-7(17)4-18-10(8)16)2-1-3-6(9)11(13,14)15/h1-4,17H,16H2. The Morgan fingerprint density at radius 3 is 2.44 bits per heavy atom. The Hall–Kier alpha value is -1.63. The number of anilines is 1. The average molecular weight is 322 g/mol. The molecule has 2 aromatic rings. The second-order valence-electron chi connectivity index (χ2n) is 3.53. The molecular weight excluding hydrogens is 315 g/mol. The summed E-state index contributed by atoms with van der Waals surface area (Å²) in [6, 6.07) is 3.57. The summed E-state index contributed by atoms with van der Waals surface area (Å²) >= 11 is 2.88. The number of benzene rings is 1. The molecule has 0 saturated heterocycles. The summed E-state index contributed by atoms with van der Waals surface area (Å²) < 4.78 is 42.7. The van der Waals surface area contributed by atoms with Crippen LogP contribution in [0.4, 0.5) is 19.1 Å². The normalized spacial score (nSPS) is 11.8. The van der Waals surface area contributed by atoms with E-state index >= 15 is 0 Å². The van der Waals surface area contributed by atoms with Crippen LogP contribution < -0.4 is 5.73 Å². The van der Waals surface area contributed by atoms with Crippen LogP contribution in [0, 0.1) is 0 Å². The molecule has 1 aromatic carbocycles. The highest BCUT2D eigenvalue weighted by molar-refractivity contribution is 9.10. The van der Waals surface area contributed by atoms with Gasteiger partial charge in [0.1, 0.15) is 6.26 Å². The number of aromatic hydroxyl groups is 1. The van der Waals surface area contributed by atoms with Crippen LogP contribution in [0.5, 0.6) is 5.75 Å². The lowest BCUT2D eigenvalue weighted by atomic mass is 10.0. The second-order valence-corrected chi connectivity index (χ2v) is 4.32. The van der Waals surface area contributed by atoms with E-state index in [9.17, 15) is 18.3 Å². The van der Waals surface area contributed by atoms with Gasteiger partial charge in [-0.3, -0.25) is 0 Å². The number of furan rings is 1. The fraction of sp³-hybridized carbons (Fsp3) is 0.0909. The van der Waals surface area contributed by atoms with Gasteiger partial charge in [-0.2, -0.15) is 13.2 Å². The van der Waals surface area contributed by atoms with Crippen molar-refractivity contribution in [2.75, 3.05) is 5.73 Å². The molecule has 0 bridgehead atoms. The van der Waals surface area contributed by atoms with E-state index in [2.05, 4.69) is 15.9 Å². The summed E-state index contributed by atoms with van der Waals surface area (Å²) in [5, 5.41) is 9.53. The quantitative estimate of drug-likeness (QED) is 0.834. The van der Waals surface area contributed by atoms with Gasteiger partial charge in [0.05, 0.1) is 11.1 Å². The number of hydrogen-bond acceptors (Lipinski definition) is 3. The number of halogens is 4. The Morgan fingerprint density at radius 1 is 1.28 bits per heavy atom. The summed E-state index contributed by atoms with van der Waals surface area (Å²) in [4.78, 5) is 0. The molecule has 3 N–H and O–H groups in total. The molecule has 0 atom stereocenters. The second kappa shape index (κ2) is 4.24. The Balaban J connectivity index is 2.68. The van der Waals surface area contributed by atoms with Crippen LogP contribution in [0.25, 0.3) is 11.1 Å². The van der Waals surface area contributed by atoms with Gasteiger partial charge in [0.2, 0.25) is 5.88 Å². The van der Waals surface area contributed by atoms with Crippen LogP contribution >= 0.6 is 15.9 Å². The van der Waals surface area contributed by atoms with E-state index < -0.39 is 11.7 Å². The van der Waals surface area contributed by atoms with Crippen LogP contribution in [0.3, 0.4) is 0 Å². The van der Waals surface area contributed by atoms with Crippen molar-refractivity contribution in [2.24, 2.45) is 0 Å². The lowest BCUT2D eigenvalue weighted by Gasteiger charge is -2.12. The zero-order valence-corrected chi connectivity index (χ0v) is 10.3. The van der Waals surface area contributed by atoms with Crippen molar-refractivity contribution in [1.29, 1.82) is 0 Å². The molecule has 1 heterocycles. The topological polar surface area (TPSA) is 59.4 Å². The number of rotatable bonds is 1. The molecule has 0 spiro atoms. The Labute approximate surface area is 108 Å². The molecule has 0 saturated carbocycles. The van der Waals surface area contributed by atoms with E-state index in [1.165, 1.54) is 12.1 Å². The summed E-state index contributed by atoms with van der Waals surface area (Å²) in [5.41, 5.74) is 4.78. The molecule has 0 amide bonds. The Morgan fingerprint density at radius 2 is 1.94 bits per heavy atom. The number of alkyl halides is 3. The molecule has 0 aliphatic carbocycles. The van der Waals surface area contributed by atoms with Gasteiger partial charge in [-0.05, 0) is 22.0 Å². The highest BCUT2D eigenvalue weighted by Crippen LogP contribution is 2.44. The van der Waals surface area contributed by atoms with Crippen molar-refractivity contribution in [2.45, 2.75) is 6.18 Å². The summed E-state index contributed by atoms with van der Waals surface area (Å²) in [7, 11) is 0. The first-order chi connectivity index (χ1) is 8.32. The molecule has 0 radical (unpaired) electrons. The third-order valence-corrected chi connectivity index (χ3v) is 3.23. The summed E-state index contributed by atoms with van der Waals surface area (Å²) in [6.45, 7) is 0. The molecule has 96 valence electrons. The van der Waals surface area contributed by atoms with Gasteiger partial charge in [0.25, 0.3) is 0 Å². The lowest BCUT2D eigenvalue weighted by molar-refractivity contribution is -0.138. The van der Waals surface area contributed by atoms with Gasteiger partial charge in [-0.1, -0.05) is 12.1 Å². The van der Waals surface area contributed by atoms with Gasteiger partial charge >= 0.3 is 6.18 Å². The number of nitrogens with two attached hydrogens (primary N) is 1. The van der Waals surface area contributed by atoms with Crippen molar-refractivity contribution >= 4 is 21.8 Å². The lowest BCUT2D eigenvalue weighted by Crippen LogP contribution is -2.06. The molecule has 2 rings (SSSR count). The zero-order valence-electron chi connectivity index (χ0n) is 8.75. The van der Waals surface area contributed by atoms with Crippen molar-refractivity contribution in [3.05, 3.63) is 34.5 Å². The fourth-order valence-corrected chi connectivity index (χ4v) is 2.27. The maximum Gasteiger partial charge on any atom is 0.417 e. The van der Waals surface area contributed by atoms with Gasteiger partial charge in [0.15, 0.2) is 5.75 Å². The molecule has 18 heavy (non-hydrogen) atoms. The van der Waals surface area contributed by atoms with E-state index in [4.69, 9.17) is 10.2 Å². The van der Waals surface area contributed by atoms with E-state index in [1.54, 1.807) is 0 Å². The average Bonchev–Trinajstić information content (AvgIpc) is 2.58. The molecule has 0 aliphatic heterocycles. The summed E-state index contributed by atoms with van der Waals surface area (Å²) in [5.74, 6) is -0.458. The predicted molar refractivity (Wildman–Crippen MR) is 62.9 cm³/mol. The number of nitrogen functional groups attached to an aromatic ring is 1. The largest absolute Gasteiger partial charge is 0.504 e. The smallest absolute Gasteiger partial charge is 0.417 e. The van der Waals surface area contributed by atoms with E-state index in [1.807, 2.05) is 0 Å². The molecule has 0 fully saturated rings. The first-order valence-corrected chi connectivity index (χ1v) is 5.53. The summed E-state index contributed by atoms with van der Waals surface area (Å²) in [6.07, 6.45) is -3.53. The van der Waals surface area contributed by atoms with Crippen molar-refractivity contribution in [3.63, 3.8) is 0 Å². The Bertz CT molecular complexity index is 573. The minimum absolute atomic E-state index is 0.0352. The molecule has 7 heteroatoms. The van der Waals surface area contributed by atoms with Crippen LogP contribution in [-0.2, 0) is 6.18 Å². The van der Waals surface area contributed by atoms with Crippen LogP contribution in [0.1, 0.15) is 5.56 Å².